The molecule has 1 aliphatic carbocycles. The van der Waals surface area contributed by atoms with Crippen LogP contribution in [0.2, 0.25) is 0 Å². The van der Waals surface area contributed by atoms with E-state index < -0.39 is 0 Å². The number of hydrogen-bond donors (Lipinski definition) is 1. The highest BCUT2D eigenvalue weighted by molar-refractivity contribution is 14.0. The Balaban J connectivity index is 0.00000193. The Morgan fingerprint density at radius 2 is 1.87 bits per heavy atom. The summed E-state index contributed by atoms with van der Waals surface area (Å²) in [5, 5.41) is 8.61. The number of aliphatic imine (C=N–C) groups is 1. The summed E-state index contributed by atoms with van der Waals surface area (Å²) in [5.74, 6) is 2.39. The largest absolute Gasteiger partial charge is 0.374 e. The number of halogens is 1. The van der Waals surface area contributed by atoms with Gasteiger partial charge in [0.25, 0.3) is 0 Å². The van der Waals surface area contributed by atoms with E-state index in [0.29, 0.717) is 24.0 Å². The lowest BCUT2D eigenvalue weighted by Gasteiger charge is -2.23. The Kier molecular flexibility index (Phi) is 5.51. The molecule has 6 rings (SSSR count). The molecule has 4 aliphatic rings. The minimum absolute atomic E-state index is 0. The standard InChI is InChI=1S/C23H29N5O.HI/c1-24-23(27-13-17-18(14-27)22-11-10-21(17)29-22)25-12-19-16-8-5-9-20(16)28(26-19)15-6-3-2-4-7-15;/h2-4,6-7,17-18,21-22H,5,8-14H2,1H3,(H,24,25);1H. The van der Waals surface area contributed by atoms with Crippen molar-refractivity contribution < 1.29 is 4.74 Å². The molecule has 7 heteroatoms. The molecule has 4 heterocycles. The Morgan fingerprint density at radius 1 is 1.13 bits per heavy atom. The Morgan fingerprint density at radius 3 is 2.57 bits per heavy atom. The van der Waals surface area contributed by atoms with Crippen LogP contribution in [0.3, 0.4) is 0 Å². The van der Waals surface area contributed by atoms with Crippen LogP contribution in [0.1, 0.15) is 36.2 Å². The van der Waals surface area contributed by atoms with E-state index in [9.17, 15) is 0 Å². The number of aromatic nitrogens is 2. The normalized spacial score (nSPS) is 29.1. The summed E-state index contributed by atoms with van der Waals surface area (Å²) < 4.78 is 8.28. The van der Waals surface area contributed by atoms with Crippen molar-refractivity contribution in [3.05, 3.63) is 47.3 Å². The first-order chi connectivity index (χ1) is 14.3. The van der Waals surface area contributed by atoms with Crippen LogP contribution in [0.25, 0.3) is 5.69 Å². The van der Waals surface area contributed by atoms with Gasteiger partial charge in [-0.3, -0.25) is 4.99 Å². The second kappa shape index (κ2) is 8.15. The summed E-state index contributed by atoms with van der Waals surface area (Å²) in [6.07, 6.45) is 6.93. The molecule has 4 atom stereocenters. The van der Waals surface area contributed by atoms with Crippen molar-refractivity contribution in [3.63, 3.8) is 0 Å². The van der Waals surface area contributed by atoms with Crippen LogP contribution in [0.4, 0.5) is 0 Å². The molecule has 0 amide bonds. The molecule has 1 aromatic heterocycles. The molecule has 4 unspecified atom stereocenters. The quantitative estimate of drug-likeness (QED) is 0.385. The molecule has 3 saturated heterocycles. The average molecular weight is 519 g/mol. The summed E-state index contributed by atoms with van der Waals surface area (Å²) in [4.78, 5) is 7.04. The molecular weight excluding hydrogens is 489 g/mol. The number of nitrogens with zero attached hydrogens (tertiary/aromatic N) is 4. The second-order valence-corrected chi connectivity index (χ2v) is 8.90. The summed E-state index contributed by atoms with van der Waals surface area (Å²) >= 11 is 0. The molecule has 1 aromatic carbocycles. The van der Waals surface area contributed by atoms with Crippen LogP contribution in [0.15, 0.2) is 35.3 Å². The number of ether oxygens (including phenoxy) is 1. The second-order valence-electron chi connectivity index (χ2n) is 8.90. The topological polar surface area (TPSA) is 54.7 Å². The Labute approximate surface area is 195 Å². The molecule has 2 aromatic rings. The third-order valence-electron chi connectivity index (χ3n) is 7.39. The number of hydrogen-bond acceptors (Lipinski definition) is 3. The zero-order valence-electron chi connectivity index (χ0n) is 17.5. The van der Waals surface area contributed by atoms with Crippen molar-refractivity contribution in [2.45, 2.75) is 50.9 Å². The number of benzene rings is 1. The number of likely N-dealkylation sites (tertiary alicyclic amines) is 1. The minimum Gasteiger partial charge on any atom is -0.374 e. The first-order valence-corrected chi connectivity index (χ1v) is 11.1. The lowest BCUT2D eigenvalue weighted by atomic mass is 9.82. The van der Waals surface area contributed by atoms with E-state index >= 15 is 0 Å². The maximum absolute atomic E-state index is 6.13. The molecule has 1 N–H and O–H groups in total. The molecular formula is C23H30IN5O. The predicted molar refractivity (Wildman–Crippen MR) is 128 cm³/mol. The van der Waals surface area contributed by atoms with Crippen molar-refractivity contribution in [2.24, 2.45) is 16.8 Å². The third kappa shape index (κ3) is 3.25. The van der Waals surface area contributed by atoms with E-state index in [4.69, 9.17) is 9.84 Å². The van der Waals surface area contributed by atoms with Crippen molar-refractivity contribution in [3.8, 4) is 5.69 Å². The van der Waals surface area contributed by atoms with Crippen molar-refractivity contribution >= 4 is 29.9 Å². The zero-order valence-corrected chi connectivity index (χ0v) is 19.8. The molecule has 3 fully saturated rings. The summed E-state index contributed by atoms with van der Waals surface area (Å²) in [5.41, 5.74) is 5.14. The molecule has 0 spiro atoms. The van der Waals surface area contributed by atoms with Gasteiger partial charge in [0, 0.05) is 37.7 Å². The van der Waals surface area contributed by atoms with Gasteiger partial charge >= 0.3 is 0 Å². The molecule has 160 valence electrons. The first-order valence-electron chi connectivity index (χ1n) is 11.1. The number of fused-ring (bicyclic) bond motifs is 6. The molecule has 3 aliphatic heterocycles. The molecule has 6 nitrogen and oxygen atoms in total. The highest BCUT2D eigenvalue weighted by Gasteiger charge is 2.53. The number of nitrogens with one attached hydrogen (secondary N) is 1. The van der Waals surface area contributed by atoms with Gasteiger partial charge in [-0.25, -0.2) is 4.68 Å². The number of guanidine groups is 1. The van der Waals surface area contributed by atoms with Crippen molar-refractivity contribution in [2.75, 3.05) is 20.1 Å². The predicted octanol–water partition coefficient (Wildman–Crippen LogP) is 3.16. The van der Waals surface area contributed by atoms with Crippen molar-refractivity contribution in [1.29, 1.82) is 0 Å². The lowest BCUT2D eigenvalue weighted by molar-refractivity contribution is 0.0767. The summed E-state index contributed by atoms with van der Waals surface area (Å²) in [6.45, 7) is 2.88. The van der Waals surface area contributed by atoms with Crippen LogP contribution in [-0.4, -0.2) is 53.0 Å². The lowest BCUT2D eigenvalue weighted by Crippen LogP contribution is -2.41. The maximum atomic E-state index is 6.13. The maximum Gasteiger partial charge on any atom is 0.193 e. The number of rotatable bonds is 3. The molecule has 0 radical (unpaired) electrons. The van der Waals surface area contributed by atoms with Gasteiger partial charge < -0.3 is 15.0 Å². The van der Waals surface area contributed by atoms with Crippen LogP contribution in [0.5, 0.6) is 0 Å². The van der Waals surface area contributed by atoms with E-state index in [-0.39, 0.29) is 24.0 Å². The van der Waals surface area contributed by atoms with Gasteiger partial charge in [0.05, 0.1) is 30.1 Å². The fourth-order valence-electron chi connectivity index (χ4n) is 6.07. The van der Waals surface area contributed by atoms with Gasteiger partial charge in [-0.2, -0.15) is 5.10 Å². The smallest absolute Gasteiger partial charge is 0.193 e. The van der Waals surface area contributed by atoms with E-state index in [1.807, 2.05) is 7.05 Å². The highest BCUT2D eigenvalue weighted by atomic mass is 127. The van der Waals surface area contributed by atoms with Crippen LogP contribution >= 0.6 is 24.0 Å². The van der Waals surface area contributed by atoms with Crippen LogP contribution in [0, 0.1) is 11.8 Å². The van der Waals surface area contributed by atoms with Gasteiger partial charge in [0.1, 0.15) is 0 Å². The number of para-hydroxylation sites is 1. The van der Waals surface area contributed by atoms with Gasteiger partial charge in [-0.15, -0.1) is 24.0 Å². The van der Waals surface area contributed by atoms with Crippen molar-refractivity contribution in [1.82, 2.24) is 20.0 Å². The van der Waals surface area contributed by atoms with E-state index in [1.165, 1.54) is 36.2 Å². The Bertz CT molecular complexity index is 925. The Hall–Kier alpha value is -1.61. The first kappa shape index (κ1) is 20.3. The van der Waals surface area contributed by atoms with Crippen LogP contribution in [-0.2, 0) is 24.1 Å². The molecule has 0 saturated carbocycles. The van der Waals surface area contributed by atoms with Gasteiger partial charge in [-0.05, 0) is 49.8 Å². The average Bonchev–Trinajstić information content (AvgIpc) is 3.53. The molecule has 2 bridgehead atoms. The fraction of sp³-hybridized carbons (Fsp3) is 0.565. The van der Waals surface area contributed by atoms with Gasteiger partial charge in [0.2, 0.25) is 0 Å². The van der Waals surface area contributed by atoms with E-state index in [2.05, 4.69) is 50.2 Å². The minimum atomic E-state index is 0. The monoisotopic (exact) mass is 519 g/mol. The zero-order chi connectivity index (χ0) is 19.4. The SMILES string of the molecule is CN=C(NCc1nn(-c2ccccc2)c2c1CCC2)N1CC2C3CCC(O3)C2C1.I. The van der Waals surface area contributed by atoms with Crippen LogP contribution < -0.4 is 5.32 Å². The fourth-order valence-corrected chi connectivity index (χ4v) is 6.07. The third-order valence-corrected chi connectivity index (χ3v) is 7.39. The summed E-state index contributed by atoms with van der Waals surface area (Å²) in [7, 11) is 1.90. The highest BCUT2D eigenvalue weighted by Crippen LogP contribution is 2.47. The summed E-state index contributed by atoms with van der Waals surface area (Å²) in [6, 6.07) is 10.5. The van der Waals surface area contributed by atoms with Gasteiger partial charge in [0.15, 0.2) is 5.96 Å². The van der Waals surface area contributed by atoms with E-state index in [1.54, 1.807) is 0 Å². The van der Waals surface area contributed by atoms with E-state index in [0.717, 1.165) is 44.1 Å². The molecule has 30 heavy (non-hydrogen) atoms. The van der Waals surface area contributed by atoms with Gasteiger partial charge in [-0.1, -0.05) is 18.2 Å².